The van der Waals surface area contributed by atoms with E-state index < -0.39 is 0 Å². The van der Waals surface area contributed by atoms with Crippen molar-refractivity contribution in [2.75, 3.05) is 6.54 Å². The summed E-state index contributed by atoms with van der Waals surface area (Å²) in [6.07, 6.45) is 11.1. The molecule has 0 aromatic carbocycles. The Labute approximate surface area is 110 Å². The van der Waals surface area contributed by atoms with Gasteiger partial charge in [-0.05, 0) is 25.2 Å². The molecule has 2 saturated carbocycles. The molecule has 0 aliphatic heterocycles. The highest BCUT2D eigenvalue weighted by Gasteiger charge is 2.23. The molecule has 2 atom stereocenters. The number of hydrogen-bond donors (Lipinski definition) is 2. The molecular weight excluding hydrogens is 226 g/mol. The smallest absolute Gasteiger partial charge is 0.220 e. The van der Waals surface area contributed by atoms with Crippen LogP contribution in [0, 0.1) is 11.8 Å². The van der Waals surface area contributed by atoms with Gasteiger partial charge < -0.3 is 10.4 Å². The molecule has 1 amide bonds. The molecule has 0 aromatic rings. The molecule has 0 heterocycles. The van der Waals surface area contributed by atoms with E-state index in [9.17, 15) is 9.90 Å². The van der Waals surface area contributed by atoms with Crippen LogP contribution in [-0.4, -0.2) is 23.7 Å². The maximum Gasteiger partial charge on any atom is 0.220 e. The monoisotopic (exact) mass is 253 g/mol. The molecule has 2 N–H and O–H groups in total. The van der Waals surface area contributed by atoms with Gasteiger partial charge in [-0.25, -0.2) is 0 Å². The van der Waals surface area contributed by atoms with Crippen molar-refractivity contribution in [3.8, 4) is 0 Å². The zero-order chi connectivity index (χ0) is 12.8. The Kier molecular flexibility index (Phi) is 5.48. The molecule has 2 aliphatic rings. The molecule has 3 heteroatoms. The Morgan fingerprint density at radius 2 is 1.72 bits per heavy atom. The van der Waals surface area contributed by atoms with Crippen molar-refractivity contribution in [2.24, 2.45) is 11.8 Å². The minimum Gasteiger partial charge on any atom is -0.393 e. The lowest BCUT2D eigenvalue weighted by Crippen LogP contribution is -2.36. The van der Waals surface area contributed by atoms with Crippen LogP contribution < -0.4 is 5.32 Å². The van der Waals surface area contributed by atoms with Gasteiger partial charge in [0.15, 0.2) is 0 Å². The molecule has 0 radical (unpaired) electrons. The van der Waals surface area contributed by atoms with E-state index in [1.807, 2.05) is 0 Å². The molecule has 2 rings (SSSR count). The summed E-state index contributed by atoms with van der Waals surface area (Å²) >= 11 is 0. The van der Waals surface area contributed by atoms with E-state index in [1.165, 1.54) is 32.1 Å². The summed E-state index contributed by atoms with van der Waals surface area (Å²) in [5, 5.41) is 12.8. The Morgan fingerprint density at radius 3 is 2.44 bits per heavy atom. The van der Waals surface area contributed by atoms with Gasteiger partial charge in [-0.1, -0.05) is 38.5 Å². The first-order chi connectivity index (χ1) is 8.75. The van der Waals surface area contributed by atoms with Crippen molar-refractivity contribution in [2.45, 2.75) is 70.3 Å². The molecule has 0 bridgehead atoms. The minimum atomic E-state index is -0.200. The van der Waals surface area contributed by atoms with Gasteiger partial charge in [-0.3, -0.25) is 4.79 Å². The van der Waals surface area contributed by atoms with Crippen molar-refractivity contribution >= 4 is 5.91 Å². The van der Waals surface area contributed by atoms with Crippen molar-refractivity contribution in [1.29, 1.82) is 0 Å². The number of carbonyl (C=O) groups is 1. The zero-order valence-corrected chi connectivity index (χ0v) is 11.4. The van der Waals surface area contributed by atoms with Crippen LogP contribution in [-0.2, 0) is 4.79 Å². The van der Waals surface area contributed by atoms with E-state index in [0.29, 0.717) is 13.0 Å². The standard InChI is InChI=1S/C15H27NO2/c17-14-8-4-3-7-13(14)11-16-15(18)10-9-12-5-1-2-6-12/h12-14,17H,1-11H2,(H,16,18). The predicted octanol–water partition coefficient (Wildman–Crippen LogP) is 2.62. The Morgan fingerprint density at radius 1 is 1.06 bits per heavy atom. The number of carbonyl (C=O) groups excluding carboxylic acids is 1. The molecule has 104 valence electrons. The maximum atomic E-state index is 11.8. The first-order valence-electron chi connectivity index (χ1n) is 7.70. The van der Waals surface area contributed by atoms with Gasteiger partial charge in [0.2, 0.25) is 5.91 Å². The number of aliphatic hydroxyl groups excluding tert-OH is 1. The van der Waals surface area contributed by atoms with Gasteiger partial charge in [0.25, 0.3) is 0 Å². The van der Waals surface area contributed by atoms with Crippen LogP contribution in [0.1, 0.15) is 64.2 Å². The van der Waals surface area contributed by atoms with Crippen LogP contribution in [0.2, 0.25) is 0 Å². The van der Waals surface area contributed by atoms with Gasteiger partial charge in [0, 0.05) is 18.9 Å². The van der Waals surface area contributed by atoms with E-state index in [4.69, 9.17) is 0 Å². The van der Waals surface area contributed by atoms with Gasteiger partial charge in [-0.15, -0.1) is 0 Å². The highest BCUT2D eigenvalue weighted by molar-refractivity contribution is 5.75. The van der Waals surface area contributed by atoms with Gasteiger partial charge in [0.1, 0.15) is 0 Å². The lowest BCUT2D eigenvalue weighted by atomic mass is 9.86. The molecule has 0 spiro atoms. The first kappa shape index (κ1) is 13.9. The largest absolute Gasteiger partial charge is 0.393 e. The Balaban J connectivity index is 1.58. The number of amides is 1. The third-order valence-corrected chi connectivity index (χ3v) is 4.68. The lowest BCUT2D eigenvalue weighted by molar-refractivity contribution is -0.121. The highest BCUT2D eigenvalue weighted by Crippen LogP contribution is 2.28. The van der Waals surface area contributed by atoms with E-state index in [-0.39, 0.29) is 17.9 Å². The molecule has 0 saturated heterocycles. The molecular formula is C15H27NO2. The lowest BCUT2D eigenvalue weighted by Gasteiger charge is -2.27. The number of hydrogen-bond acceptors (Lipinski definition) is 2. The van der Waals surface area contributed by atoms with Crippen LogP contribution >= 0.6 is 0 Å². The second kappa shape index (κ2) is 7.13. The second-order valence-electron chi connectivity index (χ2n) is 6.11. The second-order valence-corrected chi connectivity index (χ2v) is 6.11. The summed E-state index contributed by atoms with van der Waals surface area (Å²) in [4.78, 5) is 11.8. The van der Waals surface area contributed by atoms with E-state index in [1.54, 1.807) is 0 Å². The van der Waals surface area contributed by atoms with E-state index in [0.717, 1.165) is 31.6 Å². The topological polar surface area (TPSA) is 49.3 Å². The van der Waals surface area contributed by atoms with E-state index >= 15 is 0 Å². The van der Waals surface area contributed by atoms with Gasteiger partial charge in [0.05, 0.1) is 6.10 Å². The first-order valence-corrected chi connectivity index (χ1v) is 7.70. The van der Waals surface area contributed by atoms with Crippen LogP contribution in [0.15, 0.2) is 0 Å². The zero-order valence-electron chi connectivity index (χ0n) is 11.4. The number of nitrogens with one attached hydrogen (secondary N) is 1. The molecule has 2 unspecified atom stereocenters. The fraction of sp³-hybridized carbons (Fsp3) is 0.933. The highest BCUT2D eigenvalue weighted by atomic mass is 16.3. The number of rotatable bonds is 5. The normalized spacial score (nSPS) is 29.4. The molecule has 2 aliphatic carbocycles. The van der Waals surface area contributed by atoms with Gasteiger partial charge >= 0.3 is 0 Å². The van der Waals surface area contributed by atoms with Crippen molar-refractivity contribution in [1.82, 2.24) is 5.32 Å². The number of aliphatic hydroxyl groups is 1. The van der Waals surface area contributed by atoms with Crippen LogP contribution in [0.4, 0.5) is 0 Å². The van der Waals surface area contributed by atoms with Crippen molar-refractivity contribution in [3.05, 3.63) is 0 Å². The van der Waals surface area contributed by atoms with E-state index in [2.05, 4.69) is 5.32 Å². The molecule has 0 aromatic heterocycles. The third kappa shape index (κ3) is 4.27. The Hall–Kier alpha value is -0.570. The summed E-state index contributed by atoms with van der Waals surface area (Å²) in [6, 6.07) is 0. The quantitative estimate of drug-likeness (QED) is 0.791. The van der Waals surface area contributed by atoms with Gasteiger partial charge in [-0.2, -0.15) is 0 Å². The maximum absolute atomic E-state index is 11.8. The summed E-state index contributed by atoms with van der Waals surface area (Å²) in [6.45, 7) is 0.671. The summed E-state index contributed by atoms with van der Waals surface area (Å²) in [7, 11) is 0. The summed E-state index contributed by atoms with van der Waals surface area (Å²) in [5.74, 6) is 1.25. The molecule has 3 nitrogen and oxygen atoms in total. The Bertz CT molecular complexity index is 261. The fourth-order valence-corrected chi connectivity index (χ4v) is 3.39. The van der Waals surface area contributed by atoms with Crippen molar-refractivity contribution in [3.63, 3.8) is 0 Å². The molecule has 2 fully saturated rings. The van der Waals surface area contributed by atoms with Crippen LogP contribution in [0.5, 0.6) is 0 Å². The summed E-state index contributed by atoms with van der Waals surface area (Å²) < 4.78 is 0. The summed E-state index contributed by atoms with van der Waals surface area (Å²) in [5.41, 5.74) is 0. The minimum absolute atomic E-state index is 0.180. The van der Waals surface area contributed by atoms with Crippen LogP contribution in [0.3, 0.4) is 0 Å². The van der Waals surface area contributed by atoms with Crippen molar-refractivity contribution < 1.29 is 9.90 Å². The fourth-order valence-electron chi connectivity index (χ4n) is 3.39. The average Bonchev–Trinajstić information content (AvgIpc) is 2.88. The average molecular weight is 253 g/mol. The predicted molar refractivity (Wildman–Crippen MR) is 72.2 cm³/mol. The molecule has 18 heavy (non-hydrogen) atoms. The third-order valence-electron chi connectivity index (χ3n) is 4.68. The SMILES string of the molecule is O=C(CCC1CCCC1)NCC1CCCCC1O. The van der Waals surface area contributed by atoms with Crippen LogP contribution in [0.25, 0.3) is 0 Å².